The third kappa shape index (κ3) is 9.62. The van der Waals surface area contributed by atoms with Gasteiger partial charge in [-0.1, -0.05) is 121 Å². The molecule has 0 saturated carbocycles. The van der Waals surface area contributed by atoms with E-state index in [1.54, 1.807) is 12.2 Å². The molecule has 0 aliphatic rings. The molecule has 5 nitrogen and oxygen atoms in total. The Balaban J connectivity index is 0.929. The molecule has 0 amide bonds. The van der Waals surface area contributed by atoms with E-state index in [4.69, 9.17) is 18.5 Å². The molecule has 0 spiro atoms. The van der Waals surface area contributed by atoms with Crippen LogP contribution in [0.4, 0.5) is 0 Å². The van der Waals surface area contributed by atoms with Gasteiger partial charge < -0.3 is 18.5 Å². The van der Waals surface area contributed by atoms with Gasteiger partial charge in [0.1, 0.15) is 24.7 Å². The van der Waals surface area contributed by atoms with E-state index in [1.165, 1.54) is 23.7 Å². The lowest BCUT2D eigenvalue weighted by atomic mass is 10.1. The van der Waals surface area contributed by atoms with Gasteiger partial charge in [-0.05, 0) is 93.1 Å². The van der Waals surface area contributed by atoms with Crippen molar-refractivity contribution in [1.29, 1.82) is 0 Å². The molecule has 0 aliphatic carbocycles. The quantitative estimate of drug-likeness (QED) is 0.0867. The Labute approximate surface area is 282 Å². The fraction of sp³-hybridized carbons (Fsp3) is 0.0476. The summed E-state index contributed by atoms with van der Waals surface area (Å²) >= 11 is 0. The molecule has 0 atom stereocenters. The van der Waals surface area contributed by atoms with Crippen molar-refractivity contribution >= 4 is 20.4 Å². The number of hydrogen-bond acceptors (Lipinski definition) is 5. The zero-order chi connectivity index (χ0) is 32.8. The van der Waals surface area contributed by atoms with Gasteiger partial charge in [0.05, 0.1) is 12.5 Å². The van der Waals surface area contributed by atoms with Crippen molar-refractivity contribution in [2.45, 2.75) is 13.2 Å². The molecule has 6 heteroatoms. The Morgan fingerprint density at radius 1 is 0.438 bits per heavy atom. The zero-order valence-corrected chi connectivity index (χ0v) is 27.3. The second kappa shape index (κ2) is 16.7. The highest BCUT2D eigenvalue weighted by Crippen LogP contribution is 2.27. The SMILES string of the molecule is O=[PH](OC=Cc1cccc(COc2ccc(-c3ccccc3)cc2)c1)OC=Cc1cccc(COc2ccc(-c3ccccc3)cc2)c1. The number of ether oxygens (including phenoxy) is 2. The standard InChI is InChI=1S/C42H35O5P/c43-48(46-27-25-33-9-7-11-35(29-33)31-44-41-21-17-39(18-22-41)37-13-3-1-4-14-37)47-28-26-34-10-8-12-36(30-34)32-45-42-23-19-40(20-24-42)38-15-5-2-6-16-38/h1-30,48H,31-32H2. The van der Waals surface area contributed by atoms with E-state index in [0.29, 0.717) is 13.2 Å². The second-order valence-electron chi connectivity index (χ2n) is 10.9. The molecule has 238 valence electrons. The van der Waals surface area contributed by atoms with Crippen molar-refractivity contribution in [3.63, 3.8) is 0 Å². The van der Waals surface area contributed by atoms with Gasteiger partial charge in [-0.15, -0.1) is 0 Å². The van der Waals surface area contributed by atoms with Gasteiger partial charge in [0.15, 0.2) is 0 Å². The summed E-state index contributed by atoms with van der Waals surface area (Å²) in [6.45, 7) is 0.847. The molecule has 0 unspecified atom stereocenters. The predicted molar refractivity (Wildman–Crippen MR) is 195 cm³/mol. The normalized spacial score (nSPS) is 11.8. The predicted octanol–water partition coefficient (Wildman–Crippen LogP) is 11.2. The number of rotatable bonds is 14. The molecule has 0 heterocycles. The van der Waals surface area contributed by atoms with Crippen LogP contribution in [0.25, 0.3) is 34.4 Å². The maximum atomic E-state index is 12.3. The summed E-state index contributed by atoms with van der Waals surface area (Å²) in [7, 11) is -2.76. The van der Waals surface area contributed by atoms with Gasteiger partial charge >= 0.3 is 8.25 Å². The van der Waals surface area contributed by atoms with Crippen LogP contribution in [0.1, 0.15) is 22.3 Å². The van der Waals surface area contributed by atoms with Gasteiger partial charge in [0.25, 0.3) is 0 Å². The van der Waals surface area contributed by atoms with E-state index in [2.05, 4.69) is 48.5 Å². The minimum absolute atomic E-state index is 0.424. The topological polar surface area (TPSA) is 54.0 Å². The van der Waals surface area contributed by atoms with Gasteiger partial charge in [-0.25, -0.2) is 4.57 Å². The lowest BCUT2D eigenvalue weighted by Gasteiger charge is -2.08. The van der Waals surface area contributed by atoms with Gasteiger partial charge in [0.2, 0.25) is 0 Å². The molecule has 48 heavy (non-hydrogen) atoms. The third-order valence-electron chi connectivity index (χ3n) is 7.49. The van der Waals surface area contributed by atoms with Crippen LogP contribution in [-0.4, -0.2) is 0 Å². The lowest BCUT2D eigenvalue weighted by Crippen LogP contribution is -1.95. The van der Waals surface area contributed by atoms with E-state index >= 15 is 0 Å². The largest absolute Gasteiger partial charge is 0.489 e. The minimum atomic E-state index is -2.76. The summed E-state index contributed by atoms with van der Waals surface area (Å²) in [4.78, 5) is 0. The molecular formula is C42H35O5P. The van der Waals surface area contributed by atoms with Crippen LogP contribution >= 0.6 is 8.25 Å². The van der Waals surface area contributed by atoms with Gasteiger partial charge in [0, 0.05) is 0 Å². The summed E-state index contributed by atoms with van der Waals surface area (Å²) in [5.41, 5.74) is 8.43. The van der Waals surface area contributed by atoms with Crippen LogP contribution in [0, 0.1) is 0 Å². The molecule has 6 rings (SSSR count). The second-order valence-corrected chi connectivity index (χ2v) is 11.9. The first-order valence-corrected chi connectivity index (χ1v) is 16.9. The van der Waals surface area contributed by atoms with E-state index < -0.39 is 8.25 Å². The van der Waals surface area contributed by atoms with Crippen molar-refractivity contribution < 1.29 is 23.1 Å². The molecule has 0 fully saturated rings. The molecule has 0 bridgehead atoms. The molecule has 0 saturated heterocycles. The van der Waals surface area contributed by atoms with Crippen molar-refractivity contribution in [2.24, 2.45) is 0 Å². The highest BCUT2D eigenvalue weighted by Gasteiger charge is 2.02. The first-order valence-electron chi connectivity index (χ1n) is 15.6. The van der Waals surface area contributed by atoms with E-state index in [-0.39, 0.29) is 0 Å². The molecule has 0 radical (unpaired) electrons. The molecule has 0 N–H and O–H groups in total. The summed E-state index contributed by atoms with van der Waals surface area (Å²) < 4.78 is 34.9. The highest BCUT2D eigenvalue weighted by atomic mass is 31.1. The van der Waals surface area contributed by atoms with Crippen LogP contribution in [0.5, 0.6) is 11.5 Å². The Morgan fingerprint density at radius 3 is 1.25 bits per heavy atom. The van der Waals surface area contributed by atoms with Crippen LogP contribution in [0.15, 0.2) is 170 Å². The van der Waals surface area contributed by atoms with Crippen molar-refractivity contribution in [3.8, 4) is 33.8 Å². The van der Waals surface area contributed by atoms with Gasteiger partial charge in [-0.2, -0.15) is 0 Å². The minimum Gasteiger partial charge on any atom is -0.489 e. The Kier molecular flexibility index (Phi) is 11.2. The molecule has 0 aliphatic heterocycles. The first kappa shape index (κ1) is 32.2. The average Bonchev–Trinajstić information content (AvgIpc) is 3.15. The maximum Gasteiger partial charge on any atom is 0.417 e. The molecular weight excluding hydrogens is 615 g/mol. The Morgan fingerprint density at radius 2 is 0.833 bits per heavy atom. The van der Waals surface area contributed by atoms with Crippen LogP contribution in [-0.2, 0) is 26.8 Å². The smallest absolute Gasteiger partial charge is 0.417 e. The first-order chi connectivity index (χ1) is 23.7. The fourth-order valence-electron chi connectivity index (χ4n) is 5.02. The zero-order valence-electron chi connectivity index (χ0n) is 26.3. The maximum absolute atomic E-state index is 12.3. The van der Waals surface area contributed by atoms with E-state index in [1.807, 2.05) is 109 Å². The Bertz CT molecular complexity index is 1830. The van der Waals surface area contributed by atoms with Crippen LogP contribution in [0.2, 0.25) is 0 Å². The fourth-order valence-corrected chi connectivity index (χ4v) is 5.43. The Hall–Kier alpha value is -5.77. The summed E-state index contributed by atoms with van der Waals surface area (Å²) in [5, 5.41) is 0. The monoisotopic (exact) mass is 650 g/mol. The number of hydrogen-bond donors (Lipinski definition) is 0. The summed E-state index contributed by atoms with van der Waals surface area (Å²) in [6, 6.07) is 52.4. The molecule has 6 aromatic carbocycles. The van der Waals surface area contributed by atoms with E-state index in [9.17, 15) is 4.57 Å². The third-order valence-corrected chi connectivity index (χ3v) is 8.14. The van der Waals surface area contributed by atoms with E-state index in [0.717, 1.165) is 44.9 Å². The summed E-state index contributed by atoms with van der Waals surface area (Å²) in [6.07, 6.45) is 6.27. The van der Waals surface area contributed by atoms with Crippen molar-refractivity contribution in [2.75, 3.05) is 0 Å². The van der Waals surface area contributed by atoms with Gasteiger partial charge in [-0.3, -0.25) is 0 Å². The summed E-state index contributed by atoms with van der Waals surface area (Å²) in [5.74, 6) is 1.60. The molecule has 0 aromatic heterocycles. The van der Waals surface area contributed by atoms with Crippen LogP contribution < -0.4 is 9.47 Å². The van der Waals surface area contributed by atoms with Crippen LogP contribution in [0.3, 0.4) is 0 Å². The number of benzene rings is 6. The highest BCUT2D eigenvalue weighted by molar-refractivity contribution is 7.33. The van der Waals surface area contributed by atoms with Crippen molar-refractivity contribution in [1.82, 2.24) is 0 Å². The lowest BCUT2D eigenvalue weighted by molar-refractivity contribution is 0.306. The van der Waals surface area contributed by atoms with Crippen molar-refractivity contribution in [3.05, 3.63) is 193 Å². The average molecular weight is 651 g/mol. The molecule has 6 aromatic rings.